The number of rotatable bonds is 6. The molecule has 3 rings (SSSR count). The lowest BCUT2D eigenvalue weighted by Gasteiger charge is -2.07. The monoisotopic (exact) mass is 386 g/mol. The Labute approximate surface area is 159 Å². The minimum absolute atomic E-state index is 0.261. The molecule has 2 aromatic heterocycles. The van der Waals surface area contributed by atoms with Crippen LogP contribution in [0, 0.1) is 0 Å². The summed E-state index contributed by atoms with van der Waals surface area (Å²) >= 11 is 6.18. The number of amides is 1. The number of carbonyl (C=O) groups is 1. The van der Waals surface area contributed by atoms with Gasteiger partial charge in [0.1, 0.15) is 5.82 Å². The van der Waals surface area contributed by atoms with Gasteiger partial charge < -0.3 is 9.88 Å². The maximum Gasteiger partial charge on any atom is 0.303 e. The zero-order valence-electron chi connectivity index (χ0n) is 14.1. The number of pyridine rings is 1. The molecule has 8 heteroatoms. The minimum Gasteiger partial charge on any atom is -0.348 e. The van der Waals surface area contributed by atoms with Crippen molar-refractivity contribution in [3.63, 3.8) is 0 Å². The number of benzene rings is 1. The molecule has 0 saturated carbocycles. The first-order chi connectivity index (χ1) is 13.0. The summed E-state index contributed by atoms with van der Waals surface area (Å²) in [6.07, 6.45) is 6.14. The van der Waals surface area contributed by atoms with E-state index < -0.39 is 11.7 Å². The van der Waals surface area contributed by atoms with E-state index in [9.17, 15) is 9.18 Å². The zero-order chi connectivity index (χ0) is 19.2. The Morgan fingerprint density at radius 3 is 2.78 bits per heavy atom. The Hall–Kier alpha value is -3.16. The summed E-state index contributed by atoms with van der Waals surface area (Å²) in [4.78, 5) is 15.1. The summed E-state index contributed by atoms with van der Waals surface area (Å²) in [6, 6.07) is 13.4. The van der Waals surface area contributed by atoms with E-state index in [0.717, 1.165) is 18.3 Å². The van der Waals surface area contributed by atoms with Crippen LogP contribution in [0.3, 0.4) is 0 Å². The number of hydroxylamine groups is 1. The quantitative estimate of drug-likeness (QED) is 0.338. The number of halogens is 2. The molecule has 0 unspecified atom stereocenters. The second-order valence-corrected chi connectivity index (χ2v) is 6.12. The molecule has 2 heterocycles. The van der Waals surface area contributed by atoms with Gasteiger partial charge in [-0.2, -0.15) is 0 Å². The summed E-state index contributed by atoms with van der Waals surface area (Å²) in [5, 5.41) is 11.8. The van der Waals surface area contributed by atoms with Gasteiger partial charge in [0.15, 0.2) is 5.83 Å². The molecule has 0 aliphatic rings. The molecule has 0 atom stereocenters. The van der Waals surface area contributed by atoms with Crippen LogP contribution in [0.2, 0.25) is 5.02 Å². The highest BCUT2D eigenvalue weighted by atomic mass is 35.5. The number of carbonyl (C=O) groups excluding carboxylic acids is 1. The first-order valence-electron chi connectivity index (χ1n) is 7.99. The normalized spacial score (nSPS) is 11.3. The third-order valence-corrected chi connectivity index (χ3v) is 3.98. The summed E-state index contributed by atoms with van der Waals surface area (Å²) < 4.78 is 15.5. The molecule has 0 bridgehead atoms. The van der Waals surface area contributed by atoms with Crippen LogP contribution in [-0.4, -0.2) is 20.7 Å². The van der Waals surface area contributed by atoms with Gasteiger partial charge in [0.05, 0.1) is 10.7 Å². The van der Waals surface area contributed by atoms with Crippen LogP contribution in [0.15, 0.2) is 66.9 Å². The van der Waals surface area contributed by atoms with Crippen molar-refractivity contribution in [2.75, 3.05) is 5.32 Å². The van der Waals surface area contributed by atoms with Gasteiger partial charge >= 0.3 is 5.91 Å². The molecule has 1 aromatic carbocycles. The third kappa shape index (κ3) is 4.93. The van der Waals surface area contributed by atoms with E-state index >= 15 is 0 Å². The number of nitrogens with one attached hydrogen (secondary N) is 2. The molecule has 0 saturated heterocycles. The first-order valence-corrected chi connectivity index (χ1v) is 8.37. The predicted molar refractivity (Wildman–Crippen MR) is 102 cm³/mol. The fourth-order valence-electron chi connectivity index (χ4n) is 2.43. The van der Waals surface area contributed by atoms with Gasteiger partial charge in [-0.25, -0.2) is 14.9 Å². The average molecular weight is 387 g/mol. The van der Waals surface area contributed by atoms with Crippen molar-refractivity contribution in [2.45, 2.75) is 6.54 Å². The van der Waals surface area contributed by atoms with E-state index in [0.29, 0.717) is 5.82 Å². The van der Waals surface area contributed by atoms with Crippen molar-refractivity contribution < 1.29 is 14.4 Å². The third-order valence-electron chi connectivity index (χ3n) is 3.70. The van der Waals surface area contributed by atoms with Crippen molar-refractivity contribution in [1.29, 1.82) is 0 Å². The maximum absolute atomic E-state index is 13.4. The molecule has 0 aliphatic carbocycles. The van der Waals surface area contributed by atoms with Gasteiger partial charge in [-0.1, -0.05) is 41.9 Å². The van der Waals surface area contributed by atoms with Crippen LogP contribution in [-0.2, 0) is 11.3 Å². The summed E-state index contributed by atoms with van der Waals surface area (Å²) in [7, 11) is 0. The fourth-order valence-corrected chi connectivity index (χ4v) is 2.65. The molecular formula is C19H16ClFN4O2. The lowest BCUT2D eigenvalue weighted by Crippen LogP contribution is -2.18. The van der Waals surface area contributed by atoms with Crippen molar-refractivity contribution in [3.8, 4) is 0 Å². The Morgan fingerprint density at radius 1 is 1.30 bits per heavy atom. The first kappa shape index (κ1) is 18.6. The van der Waals surface area contributed by atoms with Gasteiger partial charge in [0.2, 0.25) is 0 Å². The largest absolute Gasteiger partial charge is 0.348 e. The zero-order valence-corrected chi connectivity index (χ0v) is 14.8. The Morgan fingerprint density at radius 2 is 2.07 bits per heavy atom. The molecule has 0 spiro atoms. The topological polar surface area (TPSA) is 79.2 Å². The molecule has 0 radical (unpaired) electrons. The van der Waals surface area contributed by atoms with Crippen LogP contribution in [0.1, 0.15) is 11.1 Å². The van der Waals surface area contributed by atoms with Crippen molar-refractivity contribution in [3.05, 3.63) is 83.0 Å². The minimum atomic E-state index is -1.24. The number of aromatic nitrogens is 2. The van der Waals surface area contributed by atoms with Crippen LogP contribution in [0.25, 0.3) is 6.08 Å². The Bertz CT molecular complexity index is 973. The van der Waals surface area contributed by atoms with Gasteiger partial charge in [-0.15, -0.1) is 0 Å². The molecule has 27 heavy (non-hydrogen) atoms. The highest BCUT2D eigenvalue weighted by Crippen LogP contribution is 2.25. The SMILES string of the molecule is O=C(NO)C(F)=Cc1cnc(Nc2ccn(Cc3ccccc3)c2)c(Cl)c1. The standard InChI is InChI=1S/C19H16ClFN4O2/c20-16-8-14(9-17(21)19(26)24-27)10-22-18(16)23-15-6-7-25(12-15)11-13-4-2-1-3-5-13/h1-10,12,27H,11H2,(H,22,23)(H,24,26). The molecule has 1 amide bonds. The average Bonchev–Trinajstić information content (AvgIpc) is 3.11. The van der Waals surface area contributed by atoms with Gasteiger partial charge in [0, 0.05) is 25.1 Å². The molecule has 0 aliphatic heterocycles. The maximum atomic E-state index is 13.4. The lowest BCUT2D eigenvalue weighted by atomic mass is 10.2. The lowest BCUT2D eigenvalue weighted by molar-refractivity contribution is -0.126. The van der Waals surface area contributed by atoms with Crippen molar-refractivity contribution in [1.82, 2.24) is 15.0 Å². The summed E-state index contributed by atoms with van der Waals surface area (Å²) in [5.74, 6) is -2.00. The number of hydrogen-bond acceptors (Lipinski definition) is 4. The van der Waals surface area contributed by atoms with E-state index in [1.54, 1.807) is 0 Å². The van der Waals surface area contributed by atoms with Crippen LogP contribution < -0.4 is 10.8 Å². The van der Waals surface area contributed by atoms with E-state index in [-0.39, 0.29) is 10.6 Å². The highest BCUT2D eigenvalue weighted by molar-refractivity contribution is 6.33. The molecule has 6 nitrogen and oxygen atoms in total. The van der Waals surface area contributed by atoms with Crippen LogP contribution in [0.4, 0.5) is 15.9 Å². The van der Waals surface area contributed by atoms with E-state index in [1.807, 2.05) is 53.4 Å². The predicted octanol–water partition coefficient (Wildman–Crippen LogP) is 4.14. The molecule has 138 valence electrons. The van der Waals surface area contributed by atoms with Crippen LogP contribution in [0.5, 0.6) is 0 Å². The molecule has 0 fully saturated rings. The van der Waals surface area contributed by atoms with Crippen molar-refractivity contribution in [2.24, 2.45) is 0 Å². The second kappa shape index (κ2) is 8.48. The summed E-state index contributed by atoms with van der Waals surface area (Å²) in [6.45, 7) is 0.736. The van der Waals surface area contributed by atoms with Gasteiger partial charge in [0.25, 0.3) is 0 Å². The summed E-state index contributed by atoms with van der Waals surface area (Å²) in [5.41, 5.74) is 3.48. The van der Waals surface area contributed by atoms with E-state index in [2.05, 4.69) is 10.3 Å². The van der Waals surface area contributed by atoms with Gasteiger partial charge in [-0.3, -0.25) is 10.0 Å². The highest BCUT2D eigenvalue weighted by Gasteiger charge is 2.09. The number of hydrogen-bond donors (Lipinski definition) is 3. The molecule has 3 aromatic rings. The number of nitrogens with zero attached hydrogens (tertiary/aromatic N) is 2. The van der Waals surface area contributed by atoms with E-state index in [1.165, 1.54) is 23.3 Å². The molecular weight excluding hydrogens is 371 g/mol. The van der Waals surface area contributed by atoms with Crippen molar-refractivity contribution >= 4 is 35.1 Å². The fraction of sp³-hybridized carbons (Fsp3) is 0.0526. The van der Waals surface area contributed by atoms with Crippen LogP contribution >= 0.6 is 11.6 Å². The van der Waals surface area contributed by atoms with E-state index in [4.69, 9.17) is 16.8 Å². The molecule has 3 N–H and O–H groups in total. The second-order valence-electron chi connectivity index (χ2n) is 5.72. The Balaban J connectivity index is 1.70. The number of anilines is 2. The Kier molecular flexibility index (Phi) is 5.85. The van der Waals surface area contributed by atoms with Gasteiger partial charge in [-0.05, 0) is 29.3 Å². The smallest absolute Gasteiger partial charge is 0.303 e.